The monoisotopic (exact) mass is 339 g/mol. The molecular formula is C16H27BNO2PS. The Kier molecular flexibility index (Phi) is 5.31. The van der Waals surface area contributed by atoms with Crippen LogP contribution in [0, 0.1) is 5.92 Å². The SMILES string of the molecule is [B][C@H]1CN([P@]2O[C@@H]3C[C@@H](C(=C)C)CC[C@@]3(C)S2)C[C@@H](CC)O1. The molecular weight excluding hydrogens is 312 g/mol. The second kappa shape index (κ2) is 6.76. The number of allylic oxidation sites excluding steroid dienone is 1. The van der Waals surface area contributed by atoms with Crippen molar-refractivity contribution >= 4 is 26.7 Å². The van der Waals surface area contributed by atoms with Gasteiger partial charge in [0.1, 0.15) is 7.85 Å². The molecule has 3 aliphatic rings. The first-order chi connectivity index (χ1) is 10.4. The molecule has 0 bridgehead atoms. The summed E-state index contributed by atoms with van der Waals surface area (Å²) in [6.45, 7) is 12.6. The van der Waals surface area contributed by atoms with Gasteiger partial charge in [-0.3, -0.25) is 0 Å². The van der Waals surface area contributed by atoms with Gasteiger partial charge in [0.15, 0.2) is 7.50 Å². The van der Waals surface area contributed by atoms with E-state index in [1.807, 2.05) is 0 Å². The molecule has 0 spiro atoms. The molecule has 6 atom stereocenters. The van der Waals surface area contributed by atoms with E-state index in [1.54, 1.807) is 0 Å². The molecule has 6 heteroatoms. The predicted octanol–water partition coefficient (Wildman–Crippen LogP) is 4.09. The molecule has 0 aromatic rings. The first kappa shape index (κ1) is 17.3. The lowest BCUT2D eigenvalue weighted by molar-refractivity contribution is -0.0276. The molecule has 2 saturated heterocycles. The van der Waals surface area contributed by atoms with Crippen LogP contribution >= 0.6 is 18.9 Å². The number of rotatable bonds is 3. The molecule has 3 rings (SSSR count). The number of fused-ring (bicyclic) bond motifs is 1. The smallest absolute Gasteiger partial charge is 0.170 e. The summed E-state index contributed by atoms with van der Waals surface area (Å²) in [6.07, 6.45) is 5.23. The average molecular weight is 339 g/mol. The van der Waals surface area contributed by atoms with Crippen LogP contribution in [0.25, 0.3) is 0 Å². The number of ether oxygens (including phenoxy) is 1. The zero-order valence-electron chi connectivity index (χ0n) is 14.0. The minimum absolute atomic E-state index is 0.177. The Balaban J connectivity index is 1.67. The van der Waals surface area contributed by atoms with Gasteiger partial charge in [-0.25, -0.2) is 4.67 Å². The highest BCUT2D eigenvalue weighted by atomic mass is 32.7. The van der Waals surface area contributed by atoms with Crippen molar-refractivity contribution in [3.63, 3.8) is 0 Å². The van der Waals surface area contributed by atoms with E-state index in [-0.39, 0.29) is 16.9 Å². The highest BCUT2D eigenvalue weighted by molar-refractivity contribution is 8.54. The third-order valence-electron chi connectivity index (χ3n) is 5.23. The Morgan fingerprint density at radius 1 is 1.50 bits per heavy atom. The van der Waals surface area contributed by atoms with Crippen LogP contribution in [0.2, 0.25) is 0 Å². The molecule has 0 N–H and O–H groups in total. The Morgan fingerprint density at radius 2 is 2.27 bits per heavy atom. The quantitative estimate of drug-likeness (QED) is 0.439. The van der Waals surface area contributed by atoms with Crippen LogP contribution in [0.4, 0.5) is 0 Å². The largest absolute Gasteiger partial charge is 0.382 e. The number of hydrogen-bond donors (Lipinski definition) is 0. The zero-order valence-corrected chi connectivity index (χ0v) is 15.7. The normalized spacial score (nSPS) is 46.4. The van der Waals surface area contributed by atoms with Gasteiger partial charge in [-0.2, -0.15) is 0 Å². The van der Waals surface area contributed by atoms with Crippen LogP contribution in [-0.4, -0.2) is 48.6 Å². The first-order valence-electron chi connectivity index (χ1n) is 8.38. The number of nitrogens with zero attached hydrogens (tertiary/aromatic N) is 1. The number of hydrogen-bond acceptors (Lipinski definition) is 4. The van der Waals surface area contributed by atoms with Gasteiger partial charge in [0.05, 0.1) is 12.2 Å². The summed E-state index contributed by atoms with van der Waals surface area (Å²) in [7, 11) is 5.47. The molecule has 0 unspecified atom stereocenters. The minimum atomic E-state index is -0.599. The second-order valence-corrected chi connectivity index (χ2v) is 11.0. The highest BCUT2D eigenvalue weighted by Gasteiger charge is 2.52. The van der Waals surface area contributed by atoms with E-state index in [0.29, 0.717) is 12.0 Å². The van der Waals surface area contributed by atoms with Crippen molar-refractivity contribution in [2.75, 3.05) is 13.1 Å². The Morgan fingerprint density at radius 3 is 2.95 bits per heavy atom. The van der Waals surface area contributed by atoms with Gasteiger partial charge in [-0.15, -0.1) is 0 Å². The van der Waals surface area contributed by atoms with E-state index in [9.17, 15) is 0 Å². The van der Waals surface area contributed by atoms with Gasteiger partial charge >= 0.3 is 0 Å². The third kappa shape index (κ3) is 3.44. The highest BCUT2D eigenvalue weighted by Crippen LogP contribution is 2.71. The van der Waals surface area contributed by atoms with Crippen molar-refractivity contribution in [1.29, 1.82) is 0 Å². The molecule has 1 aliphatic carbocycles. The fraction of sp³-hybridized carbons (Fsp3) is 0.875. The van der Waals surface area contributed by atoms with Gasteiger partial charge < -0.3 is 9.26 Å². The van der Waals surface area contributed by atoms with Crippen molar-refractivity contribution in [2.45, 2.75) is 69.4 Å². The molecule has 0 amide bonds. The Labute approximate surface area is 141 Å². The van der Waals surface area contributed by atoms with E-state index in [4.69, 9.17) is 17.1 Å². The summed E-state index contributed by atoms with van der Waals surface area (Å²) in [6, 6.07) is -0.177. The van der Waals surface area contributed by atoms with Crippen LogP contribution < -0.4 is 0 Å². The van der Waals surface area contributed by atoms with E-state index in [0.717, 1.165) is 25.9 Å². The molecule has 3 nitrogen and oxygen atoms in total. The first-order valence-corrected chi connectivity index (χ1v) is 11.0. The van der Waals surface area contributed by atoms with Crippen molar-refractivity contribution in [3.8, 4) is 0 Å². The molecule has 22 heavy (non-hydrogen) atoms. The van der Waals surface area contributed by atoms with Crippen LogP contribution in [-0.2, 0) is 9.26 Å². The minimum Gasteiger partial charge on any atom is -0.382 e. The van der Waals surface area contributed by atoms with Gasteiger partial charge in [-0.05, 0) is 45.4 Å². The molecule has 2 heterocycles. The summed E-state index contributed by atoms with van der Waals surface area (Å²) in [5, 5.41) is 0. The molecule has 0 aromatic carbocycles. The fourth-order valence-corrected chi connectivity index (χ4v) is 8.82. The summed E-state index contributed by atoms with van der Waals surface area (Å²) < 4.78 is 15.0. The van der Waals surface area contributed by atoms with Crippen molar-refractivity contribution in [2.24, 2.45) is 5.92 Å². The summed E-state index contributed by atoms with van der Waals surface area (Å²) in [4.78, 5) is 0. The van der Waals surface area contributed by atoms with E-state index < -0.39 is 7.50 Å². The van der Waals surface area contributed by atoms with Crippen molar-refractivity contribution < 1.29 is 9.26 Å². The van der Waals surface area contributed by atoms with Crippen molar-refractivity contribution in [3.05, 3.63) is 12.2 Å². The van der Waals surface area contributed by atoms with Gasteiger partial charge in [0.2, 0.25) is 0 Å². The lowest BCUT2D eigenvalue weighted by Crippen LogP contribution is -2.44. The molecule has 3 fully saturated rings. The standard InChI is InChI=1S/C16H27BNO2PS/c1-5-13-9-18(10-15(17)19-13)21-20-14-8-12(11(2)3)6-7-16(14,4)22-21/h12-15H,2,5-10H2,1,3-4H3/t12-,13+,14+,15+,16+,21+/m0/s1. The Hall–Kier alpha value is 0.465. The third-order valence-corrected chi connectivity index (χ3v) is 10.2. The maximum atomic E-state index is 6.53. The second-order valence-electron chi connectivity index (χ2n) is 7.13. The maximum absolute atomic E-state index is 6.53. The molecule has 2 radical (unpaired) electrons. The van der Waals surface area contributed by atoms with E-state index >= 15 is 0 Å². The lowest BCUT2D eigenvalue weighted by Gasteiger charge is -2.38. The lowest BCUT2D eigenvalue weighted by atomic mass is 9.77. The van der Waals surface area contributed by atoms with Gasteiger partial charge in [0.25, 0.3) is 0 Å². The van der Waals surface area contributed by atoms with E-state index in [1.165, 1.54) is 18.4 Å². The van der Waals surface area contributed by atoms with Crippen molar-refractivity contribution in [1.82, 2.24) is 4.67 Å². The molecule has 0 aromatic heterocycles. The zero-order chi connectivity index (χ0) is 15.9. The van der Waals surface area contributed by atoms with Crippen LogP contribution in [0.5, 0.6) is 0 Å². The molecule has 1 saturated carbocycles. The van der Waals surface area contributed by atoms with Crippen LogP contribution in [0.3, 0.4) is 0 Å². The van der Waals surface area contributed by atoms with Gasteiger partial charge in [-0.1, -0.05) is 30.5 Å². The van der Waals surface area contributed by atoms with Gasteiger partial charge in [0, 0.05) is 23.8 Å². The number of morpholine rings is 1. The van der Waals surface area contributed by atoms with Crippen LogP contribution in [0.1, 0.15) is 46.5 Å². The Bertz CT molecular complexity index is 440. The maximum Gasteiger partial charge on any atom is 0.170 e. The van der Waals surface area contributed by atoms with E-state index in [2.05, 4.69) is 43.4 Å². The van der Waals surface area contributed by atoms with Crippen LogP contribution in [0.15, 0.2) is 12.2 Å². The topological polar surface area (TPSA) is 21.7 Å². The molecule has 2 aliphatic heterocycles. The predicted molar refractivity (Wildman–Crippen MR) is 96.2 cm³/mol. The summed E-state index contributed by atoms with van der Waals surface area (Å²) >= 11 is 2.06. The average Bonchev–Trinajstić information content (AvgIpc) is 2.82. The fourth-order valence-electron chi connectivity index (χ4n) is 3.60. The molecule has 122 valence electrons. The summed E-state index contributed by atoms with van der Waals surface area (Å²) in [5.74, 6) is 0.629. The summed E-state index contributed by atoms with van der Waals surface area (Å²) in [5.41, 5.74) is 1.31.